The number of nitrogens with zero attached hydrogens (tertiary/aromatic N) is 7. The number of oxazole rings is 1. The first-order chi connectivity index (χ1) is 46.0. The molecule has 23 nitrogen and oxygen atoms in total. The van der Waals surface area contributed by atoms with E-state index in [0.717, 1.165) is 30.6 Å². The van der Waals surface area contributed by atoms with Crippen LogP contribution in [0.25, 0.3) is 22.5 Å². The molecule has 0 saturated carbocycles. The van der Waals surface area contributed by atoms with Gasteiger partial charge in [0.25, 0.3) is 6.10 Å². The van der Waals surface area contributed by atoms with E-state index in [2.05, 4.69) is 41.4 Å². The second kappa shape index (κ2) is 30.2. The van der Waals surface area contributed by atoms with E-state index in [1.165, 1.54) is 22.9 Å². The van der Waals surface area contributed by atoms with E-state index in [1.807, 2.05) is 81.4 Å². The van der Waals surface area contributed by atoms with Crippen LogP contribution in [0.15, 0.2) is 120 Å². The molecule has 7 aromatic rings. The lowest BCUT2D eigenvalue weighted by atomic mass is 9.91. The number of carbonyl (C=O) groups is 4. The van der Waals surface area contributed by atoms with Gasteiger partial charge in [0.2, 0.25) is 11.7 Å². The standard InChI is InChI=1S/C68H81F2N7O16Si2/c1-10-82-64(79)55(40(9)78)89-66(81)62-60(93-95(15-6,16-7)17-8)54(58-52(87-62)39-85-68(91-58)42-27-22-19-23-28-42)77-37-50(73-75-77)45-32-31-43(47(70)34-45)35-48-56(65(80)83-11-2)88-63(71-48)61-59(92-94(12-3,13-4)14-5)53(76-36-49(72-74-76)44-29-24-30-46(69)33-44)57-51(86-61)38-84-67(90-57)41-25-20-18-21-26-41/h18-34,36-37,51-55,57-62,67-68H,10-17,35,38-39H2,1-9H3/t51-,52-,53+,54+,55?,57+,58+,59?,60?,61-,62-,67+,68+/m1/s1. The number of ether oxygens (including phenoxy) is 9. The van der Waals surface area contributed by atoms with Crippen molar-refractivity contribution < 1.29 is 83.9 Å². The first kappa shape index (κ1) is 68.8. The Hall–Kier alpha value is -7.58. The first-order valence-corrected chi connectivity index (χ1v) is 37.8. The molecule has 4 saturated heterocycles. The van der Waals surface area contributed by atoms with Crippen molar-refractivity contribution in [2.24, 2.45) is 0 Å². The zero-order valence-corrected chi connectivity index (χ0v) is 56.7. The second-order valence-corrected chi connectivity index (χ2v) is 33.5. The Balaban J connectivity index is 0.949. The van der Waals surface area contributed by atoms with Gasteiger partial charge in [-0.15, -0.1) is 10.2 Å². The monoisotopic (exact) mass is 1350 g/mol. The van der Waals surface area contributed by atoms with Crippen molar-refractivity contribution in [3.63, 3.8) is 0 Å². The van der Waals surface area contributed by atoms with Gasteiger partial charge in [-0.3, -0.25) is 4.79 Å². The Labute approximate surface area is 551 Å². The summed E-state index contributed by atoms with van der Waals surface area (Å²) in [6.07, 6.45) is -8.76. The van der Waals surface area contributed by atoms with Crippen molar-refractivity contribution >= 4 is 40.3 Å². The number of Topliss-reactive ketones (excluding diaryl/α,β-unsaturated/α-hetero) is 1. The molecule has 0 radical (unpaired) electrons. The number of carbonyl (C=O) groups excluding carboxylic acids is 4. The zero-order valence-electron chi connectivity index (χ0n) is 54.7. The van der Waals surface area contributed by atoms with E-state index in [1.54, 1.807) is 55.2 Å². The number of aromatic nitrogens is 7. The molecule has 0 aliphatic carbocycles. The van der Waals surface area contributed by atoms with Gasteiger partial charge < -0.3 is 55.9 Å². The number of ketones is 1. The molecule has 95 heavy (non-hydrogen) atoms. The van der Waals surface area contributed by atoms with Crippen molar-refractivity contribution in [3.05, 3.63) is 161 Å². The van der Waals surface area contributed by atoms with Gasteiger partial charge >= 0.3 is 17.9 Å². The lowest BCUT2D eigenvalue weighted by Gasteiger charge is -2.50. The van der Waals surface area contributed by atoms with Crippen LogP contribution in [0.2, 0.25) is 36.3 Å². The molecule has 4 aromatic carbocycles. The molecular formula is C68H81F2N7O16Si2. The Kier molecular flexibility index (Phi) is 21.9. The summed E-state index contributed by atoms with van der Waals surface area (Å²) in [4.78, 5) is 59.7. The van der Waals surface area contributed by atoms with Gasteiger partial charge in [0.05, 0.1) is 44.5 Å². The van der Waals surface area contributed by atoms with E-state index in [9.17, 15) is 23.6 Å². The fourth-order valence-corrected chi connectivity index (χ4v) is 18.7. The van der Waals surface area contributed by atoms with Gasteiger partial charge in [-0.05, 0) is 80.8 Å². The highest BCUT2D eigenvalue weighted by Gasteiger charge is 2.58. The summed E-state index contributed by atoms with van der Waals surface area (Å²) in [6.45, 7) is 16.6. The maximum atomic E-state index is 17.2. The Morgan fingerprint density at radius 1 is 0.621 bits per heavy atom. The minimum atomic E-state index is -2.72. The predicted molar refractivity (Wildman–Crippen MR) is 342 cm³/mol. The predicted octanol–water partition coefficient (Wildman–Crippen LogP) is 11.3. The number of rotatable bonds is 26. The summed E-state index contributed by atoms with van der Waals surface area (Å²) in [7, 11) is -5.35. The topological polar surface area (TPSA) is 257 Å². The Morgan fingerprint density at radius 3 is 1.68 bits per heavy atom. The first-order valence-electron chi connectivity index (χ1n) is 32.7. The summed E-state index contributed by atoms with van der Waals surface area (Å²) in [5.74, 6) is -5.13. The van der Waals surface area contributed by atoms with Crippen LogP contribution >= 0.6 is 0 Å². The van der Waals surface area contributed by atoms with Gasteiger partial charge in [0.15, 0.2) is 47.2 Å². The van der Waals surface area contributed by atoms with Gasteiger partial charge in [-0.2, -0.15) is 0 Å². The molecule has 11 rings (SSSR count). The molecule has 27 heteroatoms. The largest absolute Gasteiger partial charge is 0.463 e. The van der Waals surface area contributed by atoms with Crippen LogP contribution in [0.3, 0.4) is 0 Å². The van der Waals surface area contributed by atoms with Gasteiger partial charge in [-0.25, -0.2) is 37.5 Å². The third-order valence-corrected chi connectivity index (χ3v) is 28.0. The van der Waals surface area contributed by atoms with Crippen molar-refractivity contribution in [2.75, 3.05) is 26.4 Å². The van der Waals surface area contributed by atoms with Crippen LogP contribution in [0.5, 0.6) is 0 Å². The van der Waals surface area contributed by atoms with Crippen LogP contribution in [-0.2, 0) is 72.3 Å². The van der Waals surface area contributed by atoms with E-state index in [0.29, 0.717) is 40.5 Å². The fraction of sp³-hybridized carbons (Fsp3) is 0.485. The SMILES string of the molecule is CCOC(=O)c1oc([C@@H]2O[C@@H]3CO[C@H](c4ccccc4)O[C@@H]3[C@H](n3cc(-c4cccc(F)c4)nn3)C2O[Si](CC)(CC)CC)nc1Cc1ccc(-c2cn([C@@H]3C(O[Si](CC)(CC)CC)[C@H](C(=O)OC(C(C)=O)C(=O)OCC)O[C@@H]4CO[C@H](c5ccccc5)O[C@H]34)nn2)cc1F. The number of fused-ring (bicyclic) bond motifs is 2. The quantitative estimate of drug-likeness (QED) is 0.0211. The van der Waals surface area contributed by atoms with E-state index >= 15 is 4.39 Å². The lowest BCUT2D eigenvalue weighted by molar-refractivity contribution is -0.318. The molecule has 0 bridgehead atoms. The van der Waals surface area contributed by atoms with Gasteiger partial charge in [-0.1, -0.05) is 137 Å². The number of esters is 3. The Morgan fingerprint density at radius 2 is 1.16 bits per heavy atom. The maximum Gasteiger partial charge on any atom is 0.376 e. The minimum absolute atomic E-state index is 0.0147. The van der Waals surface area contributed by atoms with Crippen molar-refractivity contribution in [1.82, 2.24) is 35.0 Å². The van der Waals surface area contributed by atoms with Crippen LogP contribution in [-0.4, -0.2) is 151 Å². The summed E-state index contributed by atoms with van der Waals surface area (Å²) >= 11 is 0. The second-order valence-electron chi connectivity index (χ2n) is 24.1. The zero-order chi connectivity index (χ0) is 67.1. The molecule has 3 aromatic heterocycles. The van der Waals surface area contributed by atoms with Crippen molar-refractivity contribution in [3.8, 4) is 22.5 Å². The van der Waals surface area contributed by atoms with Gasteiger partial charge in [0, 0.05) is 28.7 Å². The molecule has 506 valence electrons. The molecule has 0 N–H and O–H groups in total. The minimum Gasteiger partial charge on any atom is -0.463 e. The number of benzene rings is 4. The highest BCUT2D eigenvalue weighted by Crippen LogP contribution is 2.49. The number of hydrogen-bond acceptors (Lipinski definition) is 21. The normalized spacial score (nSPS) is 24.8. The van der Waals surface area contributed by atoms with Crippen molar-refractivity contribution in [2.45, 2.75) is 185 Å². The maximum absolute atomic E-state index is 17.2. The van der Waals surface area contributed by atoms with Crippen molar-refractivity contribution in [1.29, 1.82) is 0 Å². The van der Waals surface area contributed by atoms with Gasteiger partial charge in [0.1, 0.15) is 71.7 Å². The molecule has 7 heterocycles. The number of hydrogen-bond donors (Lipinski definition) is 0. The summed E-state index contributed by atoms with van der Waals surface area (Å²) < 4.78 is 113. The molecule has 3 unspecified atom stereocenters. The van der Waals surface area contributed by atoms with E-state index < -0.39 is 132 Å². The molecule has 4 fully saturated rings. The molecule has 0 amide bonds. The van der Waals surface area contributed by atoms with Crippen LogP contribution in [0, 0.1) is 11.6 Å². The highest BCUT2D eigenvalue weighted by molar-refractivity contribution is 6.74. The smallest absolute Gasteiger partial charge is 0.376 e. The third kappa shape index (κ3) is 14.6. The summed E-state index contributed by atoms with van der Waals surface area (Å²) in [6, 6.07) is 31.7. The lowest BCUT2D eigenvalue weighted by Crippen LogP contribution is -2.64. The van der Waals surface area contributed by atoms with Crippen LogP contribution in [0.1, 0.15) is 132 Å². The van der Waals surface area contributed by atoms with E-state index in [-0.39, 0.29) is 61.5 Å². The third-order valence-electron chi connectivity index (χ3n) is 18.7. The van der Waals surface area contributed by atoms with E-state index in [4.69, 9.17) is 60.9 Å². The van der Waals surface area contributed by atoms with Crippen LogP contribution < -0.4 is 0 Å². The molecule has 13 atom stereocenters. The molecule has 0 spiro atoms. The fourth-order valence-electron chi connectivity index (χ4n) is 13.0. The molecule has 4 aliphatic rings. The number of halogens is 2. The average molecular weight is 1350 g/mol. The summed E-state index contributed by atoms with van der Waals surface area (Å²) in [5.41, 5.74) is 3.10. The molecule has 4 aliphatic heterocycles. The highest BCUT2D eigenvalue weighted by atomic mass is 28.4. The van der Waals surface area contributed by atoms with Crippen LogP contribution in [0.4, 0.5) is 8.78 Å². The molecular weight excluding hydrogens is 1260 g/mol. The Bertz CT molecular complexity index is 3760. The summed E-state index contributed by atoms with van der Waals surface area (Å²) in [5, 5.41) is 18.4. The average Bonchev–Trinajstić information content (AvgIpc) is 1.71.